The van der Waals surface area contributed by atoms with Crippen LogP contribution in [0.4, 0.5) is 5.69 Å². The summed E-state index contributed by atoms with van der Waals surface area (Å²) in [5, 5.41) is 10.3. The number of fused-ring (bicyclic) bond motifs is 5. The largest absolute Gasteiger partial charge is 0.325 e. The van der Waals surface area contributed by atoms with Gasteiger partial charge in [-0.15, -0.1) is 0 Å². The molecule has 164 valence electrons. The van der Waals surface area contributed by atoms with Crippen molar-refractivity contribution >= 4 is 40.7 Å². The van der Waals surface area contributed by atoms with Gasteiger partial charge in [0, 0.05) is 21.8 Å². The van der Waals surface area contributed by atoms with Crippen LogP contribution in [0.15, 0.2) is 77.9 Å². The molecule has 8 heteroatoms. The first-order valence-corrected chi connectivity index (χ1v) is 10.7. The molecule has 2 aliphatic rings. The third kappa shape index (κ3) is 3.29. The summed E-state index contributed by atoms with van der Waals surface area (Å²) in [7, 11) is 0. The normalized spacial score (nSPS) is 16.1. The average molecular weight is 459 g/mol. The molecule has 2 amide bonds. The standard InChI is InChI=1S/C25H19ClN4O3/c1-14(31)21(23(32)27-16-12-10-15(26)11-13-16)22-28-24(33)25(30-29-22)19-8-4-2-6-17(19)18-7-3-5-9-20(18)25/h2-13,21,30H,1H3,(H,27,32)(H,28,29,33). The SMILES string of the molecule is CC(=O)C(C(=O)Nc1ccc(Cl)cc1)C1=NNC2(C(=O)N1)c1ccccc1-c1ccccc12. The molecule has 7 nitrogen and oxygen atoms in total. The predicted octanol–water partition coefficient (Wildman–Crippen LogP) is 3.44. The summed E-state index contributed by atoms with van der Waals surface area (Å²) in [4.78, 5) is 38.9. The number of rotatable bonds is 4. The minimum atomic E-state index is -1.29. The van der Waals surface area contributed by atoms with Gasteiger partial charge in [-0.1, -0.05) is 60.1 Å². The molecule has 0 saturated heterocycles. The monoisotopic (exact) mass is 458 g/mol. The Labute approximate surface area is 194 Å². The highest BCUT2D eigenvalue weighted by atomic mass is 35.5. The van der Waals surface area contributed by atoms with Gasteiger partial charge in [-0.2, -0.15) is 5.10 Å². The third-order valence-corrected chi connectivity index (χ3v) is 6.18. The zero-order valence-corrected chi connectivity index (χ0v) is 18.3. The summed E-state index contributed by atoms with van der Waals surface area (Å²) >= 11 is 5.89. The molecule has 3 aromatic carbocycles. The Kier molecular flexibility index (Phi) is 4.98. The molecule has 1 aliphatic heterocycles. The van der Waals surface area contributed by atoms with Gasteiger partial charge in [0.15, 0.2) is 11.5 Å². The molecule has 0 radical (unpaired) electrons. The van der Waals surface area contributed by atoms with Crippen LogP contribution in [0.1, 0.15) is 18.1 Å². The lowest BCUT2D eigenvalue weighted by Gasteiger charge is -2.35. The molecule has 1 aliphatic carbocycles. The lowest BCUT2D eigenvalue weighted by molar-refractivity contribution is -0.127. The molecule has 1 heterocycles. The number of nitrogens with zero attached hydrogens (tertiary/aromatic N) is 1. The smallest absolute Gasteiger partial charge is 0.261 e. The number of halogens is 1. The van der Waals surface area contributed by atoms with Crippen molar-refractivity contribution in [3.63, 3.8) is 0 Å². The van der Waals surface area contributed by atoms with Crippen LogP contribution in [-0.2, 0) is 19.9 Å². The van der Waals surface area contributed by atoms with E-state index in [1.54, 1.807) is 24.3 Å². The van der Waals surface area contributed by atoms with E-state index in [9.17, 15) is 14.4 Å². The zero-order chi connectivity index (χ0) is 23.2. The van der Waals surface area contributed by atoms with Gasteiger partial charge in [0.1, 0.15) is 11.6 Å². The fourth-order valence-corrected chi connectivity index (χ4v) is 4.54. The van der Waals surface area contributed by atoms with E-state index in [1.807, 2.05) is 48.5 Å². The lowest BCUT2D eigenvalue weighted by atomic mass is 9.86. The molecule has 3 aromatic rings. The minimum absolute atomic E-state index is 0.0496. The molecule has 0 bridgehead atoms. The molecule has 33 heavy (non-hydrogen) atoms. The Morgan fingerprint density at radius 1 is 0.939 bits per heavy atom. The fourth-order valence-electron chi connectivity index (χ4n) is 4.42. The van der Waals surface area contributed by atoms with E-state index in [2.05, 4.69) is 21.2 Å². The van der Waals surface area contributed by atoms with Crippen LogP contribution in [0.25, 0.3) is 11.1 Å². The molecule has 1 unspecified atom stereocenters. The number of ketones is 1. The highest BCUT2D eigenvalue weighted by Crippen LogP contribution is 2.48. The molecule has 0 fully saturated rings. The van der Waals surface area contributed by atoms with Crippen molar-refractivity contribution < 1.29 is 14.4 Å². The average Bonchev–Trinajstić information content (AvgIpc) is 3.09. The maximum Gasteiger partial charge on any atom is 0.261 e. The van der Waals surface area contributed by atoms with Gasteiger partial charge in [-0.25, -0.2) is 0 Å². The summed E-state index contributed by atoms with van der Waals surface area (Å²) in [6.45, 7) is 1.28. The van der Waals surface area contributed by atoms with E-state index >= 15 is 0 Å². The van der Waals surface area contributed by atoms with Gasteiger partial charge >= 0.3 is 0 Å². The van der Waals surface area contributed by atoms with E-state index in [-0.39, 0.29) is 5.84 Å². The highest BCUT2D eigenvalue weighted by Gasteiger charge is 2.52. The lowest BCUT2D eigenvalue weighted by Crippen LogP contribution is -2.60. The van der Waals surface area contributed by atoms with Crippen LogP contribution in [0, 0.1) is 5.92 Å². The Morgan fingerprint density at radius 3 is 2.06 bits per heavy atom. The zero-order valence-electron chi connectivity index (χ0n) is 17.6. The van der Waals surface area contributed by atoms with Gasteiger partial charge < -0.3 is 10.6 Å². The van der Waals surface area contributed by atoms with Gasteiger partial charge in [0.05, 0.1) is 0 Å². The first-order chi connectivity index (χ1) is 15.9. The summed E-state index contributed by atoms with van der Waals surface area (Å²) in [5.41, 5.74) is 5.60. The van der Waals surface area contributed by atoms with Gasteiger partial charge in [-0.05, 0) is 42.3 Å². The molecule has 3 N–H and O–H groups in total. The topological polar surface area (TPSA) is 99.7 Å². The molecule has 0 saturated carbocycles. The second-order valence-corrected chi connectivity index (χ2v) is 8.38. The number of benzene rings is 3. The second-order valence-electron chi connectivity index (χ2n) is 7.94. The summed E-state index contributed by atoms with van der Waals surface area (Å²) in [5.74, 6) is -2.80. The summed E-state index contributed by atoms with van der Waals surface area (Å²) in [6, 6.07) is 21.7. The van der Waals surface area contributed by atoms with Crippen molar-refractivity contribution in [1.29, 1.82) is 0 Å². The van der Waals surface area contributed by atoms with Crippen LogP contribution < -0.4 is 16.1 Å². The highest BCUT2D eigenvalue weighted by molar-refractivity contribution is 6.30. The summed E-state index contributed by atoms with van der Waals surface area (Å²) < 4.78 is 0. The maximum atomic E-state index is 13.6. The molecular formula is C25H19ClN4O3. The van der Waals surface area contributed by atoms with Crippen LogP contribution in [-0.4, -0.2) is 23.4 Å². The van der Waals surface area contributed by atoms with E-state index in [0.29, 0.717) is 10.7 Å². The number of hydrazone groups is 1. The second kappa shape index (κ2) is 7.86. The minimum Gasteiger partial charge on any atom is -0.325 e. The van der Waals surface area contributed by atoms with Crippen molar-refractivity contribution in [3.05, 3.63) is 88.9 Å². The number of Topliss-reactive ketones (excluding diaryl/α,β-unsaturated/α-hetero) is 1. The van der Waals surface area contributed by atoms with E-state index < -0.39 is 29.1 Å². The molecule has 1 spiro atoms. The van der Waals surface area contributed by atoms with E-state index in [4.69, 9.17) is 11.6 Å². The Bertz CT molecular complexity index is 1290. The number of anilines is 1. The number of amides is 2. The number of hydrogen-bond donors (Lipinski definition) is 3. The molecular weight excluding hydrogens is 440 g/mol. The fraction of sp³-hybridized carbons (Fsp3) is 0.120. The molecule has 0 aromatic heterocycles. The van der Waals surface area contributed by atoms with Crippen molar-refractivity contribution in [1.82, 2.24) is 10.7 Å². The van der Waals surface area contributed by atoms with Crippen LogP contribution >= 0.6 is 11.6 Å². The van der Waals surface area contributed by atoms with Crippen LogP contribution in [0.5, 0.6) is 0 Å². The Morgan fingerprint density at radius 2 is 1.52 bits per heavy atom. The van der Waals surface area contributed by atoms with Gasteiger partial charge in [-0.3, -0.25) is 19.8 Å². The number of amidine groups is 1. The van der Waals surface area contributed by atoms with Crippen molar-refractivity contribution in [2.75, 3.05) is 5.32 Å². The van der Waals surface area contributed by atoms with Gasteiger partial charge in [0.2, 0.25) is 5.91 Å². The van der Waals surface area contributed by atoms with Crippen molar-refractivity contribution in [3.8, 4) is 11.1 Å². The molecule has 1 atom stereocenters. The molecule has 5 rings (SSSR count). The first kappa shape index (κ1) is 20.9. The Balaban J connectivity index is 1.51. The predicted molar refractivity (Wildman–Crippen MR) is 126 cm³/mol. The number of carbonyl (C=O) groups is 3. The summed E-state index contributed by atoms with van der Waals surface area (Å²) in [6.07, 6.45) is 0. The quantitative estimate of drug-likeness (QED) is 0.521. The number of hydrogen-bond acceptors (Lipinski definition) is 5. The third-order valence-electron chi connectivity index (χ3n) is 5.93. The van der Waals surface area contributed by atoms with E-state index in [1.165, 1.54) is 6.92 Å². The number of nitrogens with one attached hydrogen (secondary N) is 3. The van der Waals surface area contributed by atoms with E-state index in [0.717, 1.165) is 22.3 Å². The van der Waals surface area contributed by atoms with Crippen molar-refractivity contribution in [2.45, 2.75) is 12.5 Å². The first-order valence-electron chi connectivity index (χ1n) is 10.3. The maximum absolute atomic E-state index is 13.6. The Hall–Kier alpha value is -3.97. The van der Waals surface area contributed by atoms with Crippen LogP contribution in [0.3, 0.4) is 0 Å². The van der Waals surface area contributed by atoms with Gasteiger partial charge in [0.25, 0.3) is 5.91 Å². The van der Waals surface area contributed by atoms with Crippen molar-refractivity contribution in [2.24, 2.45) is 11.0 Å². The number of carbonyl (C=O) groups excluding carboxylic acids is 3. The van der Waals surface area contributed by atoms with Crippen LogP contribution in [0.2, 0.25) is 5.02 Å².